The van der Waals surface area contributed by atoms with E-state index < -0.39 is 4.92 Å². The van der Waals surface area contributed by atoms with Gasteiger partial charge < -0.3 is 10.1 Å². The molecule has 0 radical (unpaired) electrons. The highest BCUT2D eigenvalue weighted by Crippen LogP contribution is 2.42. The fraction of sp³-hybridized carbons (Fsp3) is 0.231. The van der Waals surface area contributed by atoms with Crippen LogP contribution in [0.25, 0.3) is 11.1 Å². The van der Waals surface area contributed by atoms with Gasteiger partial charge in [-0.1, -0.05) is 29.3 Å². The maximum atomic E-state index is 11.2. The van der Waals surface area contributed by atoms with Crippen LogP contribution in [0.2, 0.25) is 10.0 Å². The summed E-state index contributed by atoms with van der Waals surface area (Å²) in [4.78, 5) is 10.8. The smallest absolute Gasteiger partial charge is 0.338 e. The van der Waals surface area contributed by atoms with E-state index in [2.05, 4.69) is 15.9 Å². The predicted octanol–water partition coefficient (Wildman–Crippen LogP) is 5.71. The number of hydrogen-bond donors (Lipinski definition) is 0. The van der Waals surface area contributed by atoms with Crippen LogP contribution >= 0.6 is 39.1 Å². The first-order chi connectivity index (χ1) is 9.32. The lowest BCUT2D eigenvalue weighted by molar-refractivity contribution is -0.393. The molecule has 2 aromatic rings. The summed E-state index contributed by atoms with van der Waals surface area (Å²) >= 11 is 15.4. The molecule has 2 rings (SSSR count). The van der Waals surface area contributed by atoms with Crippen LogP contribution in [0.1, 0.15) is 19.9 Å². The quantitative estimate of drug-likeness (QED) is 0.507. The van der Waals surface area contributed by atoms with Crippen LogP contribution in [0.4, 0.5) is 5.82 Å². The molecule has 0 unspecified atom stereocenters. The molecule has 7 heteroatoms. The van der Waals surface area contributed by atoms with Crippen LogP contribution in [0.3, 0.4) is 0 Å². The normalized spacial score (nSPS) is 11.1. The zero-order valence-electron chi connectivity index (χ0n) is 10.7. The van der Waals surface area contributed by atoms with Crippen molar-refractivity contribution in [2.75, 3.05) is 0 Å². The molecule has 0 aliphatic carbocycles. The second-order valence-corrected chi connectivity index (χ2v) is 6.20. The summed E-state index contributed by atoms with van der Waals surface area (Å²) in [6.45, 7) is 3.76. The number of hydrogen-bond acceptors (Lipinski definition) is 2. The first kappa shape index (κ1) is 15.4. The van der Waals surface area contributed by atoms with E-state index in [0.29, 0.717) is 25.6 Å². The van der Waals surface area contributed by atoms with Crippen LogP contribution in [0, 0.1) is 10.1 Å². The third-order valence-electron chi connectivity index (χ3n) is 2.90. The van der Waals surface area contributed by atoms with Crippen molar-refractivity contribution in [3.63, 3.8) is 0 Å². The van der Waals surface area contributed by atoms with Gasteiger partial charge in [-0.05, 0) is 46.8 Å². The Bertz CT molecular complexity index is 683. The molecule has 1 aromatic carbocycles. The van der Waals surface area contributed by atoms with Gasteiger partial charge in [0.15, 0.2) is 0 Å². The van der Waals surface area contributed by atoms with Crippen molar-refractivity contribution in [1.29, 1.82) is 0 Å². The standard InChI is InChI=1S/C13H11BrCl2N2O2/c1-7(2)17-6-10(12(14)13(17)18(19)20)9-4-3-8(15)5-11(9)16/h3-7H,1-2H3. The van der Waals surface area contributed by atoms with E-state index in [0.717, 1.165) is 0 Å². The van der Waals surface area contributed by atoms with Gasteiger partial charge in [0.25, 0.3) is 0 Å². The van der Waals surface area contributed by atoms with Crippen molar-refractivity contribution in [3.8, 4) is 11.1 Å². The second-order valence-electron chi connectivity index (χ2n) is 4.56. The molecule has 0 N–H and O–H groups in total. The van der Waals surface area contributed by atoms with Crippen LogP contribution in [-0.2, 0) is 0 Å². The Morgan fingerprint density at radius 3 is 2.40 bits per heavy atom. The largest absolute Gasteiger partial charge is 0.358 e. The second kappa shape index (κ2) is 5.76. The molecule has 0 amide bonds. The Balaban J connectivity index is 2.69. The number of nitrogens with zero attached hydrogens (tertiary/aromatic N) is 2. The van der Waals surface area contributed by atoms with Crippen molar-refractivity contribution in [2.24, 2.45) is 0 Å². The summed E-state index contributed by atoms with van der Waals surface area (Å²) in [7, 11) is 0. The summed E-state index contributed by atoms with van der Waals surface area (Å²) in [6, 6.07) is 5.03. The van der Waals surface area contributed by atoms with E-state index in [9.17, 15) is 10.1 Å². The zero-order chi connectivity index (χ0) is 15.0. The Kier molecular flexibility index (Phi) is 4.42. The summed E-state index contributed by atoms with van der Waals surface area (Å²) in [5.41, 5.74) is 1.37. The highest BCUT2D eigenvalue weighted by Gasteiger charge is 2.26. The highest BCUT2D eigenvalue weighted by molar-refractivity contribution is 9.10. The highest BCUT2D eigenvalue weighted by atomic mass is 79.9. The molecular weight excluding hydrogens is 367 g/mol. The van der Waals surface area contributed by atoms with Gasteiger partial charge in [0.1, 0.15) is 10.7 Å². The van der Waals surface area contributed by atoms with Crippen molar-refractivity contribution < 1.29 is 4.92 Å². The lowest BCUT2D eigenvalue weighted by Gasteiger charge is -2.04. The third kappa shape index (κ3) is 2.71. The Hall–Kier alpha value is -1.04. The molecule has 0 spiro atoms. The SMILES string of the molecule is CC(C)n1cc(-c2ccc(Cl)cc2Cl)c(Br)c1[N+](=O)[O-]. The summed E-state index contributed by atoms with van der Waals surface area (Å²) in [5.74, 6) is 0.0148. The molecule has 20 heavy (non-hydrogen) atoms. The monoisotopic (exact) mass is 376 g/mol. The fourth-order valence-electron chi connectivity index (χ4n) is 1.95. The average Bonchev–Trinajstić information content (AvgIpc) is 2.67. The molecule has 106 valence electrons. The first-order valence-corrected chi connectivity index (χ1v) is 7.38. The summed E-state index contributed by atoms with van der Waals surface area (Å²) in [5, 5.41) is 12.2. The number of halogens is 3. The van der Waals surface area contributed by atoms with Crippen molar-refractivity contribution >= 4 is 44.9 Å². The number of benzene rings is 1. The van der Waals surface area contributed by atoms with Gasteiger partial charge in [0.05, 0.1) is 11.1 Å². The van der Waals surface area contributed by atoms with E-state index >= 15 is 0 Å². The molecule has 4 nitrogen and oxygen atoms in total. The molecule has 0 fully saturated rings. The zero-order valence-corrected chi connectivity index (χ0v) is 13.8. The van der Waals surface area contributed by atoms with Gasteiger partial charge >= 0.3 is 5.82 Å². The Morgan fingerprint density at radius 2 is 1.95 bits per heavy atom. The molecule has 1 heterocycles. The fourth-order valence-corrected chi connectivity index (χ4v) is 3.13. The van der Waals surface area contributed by atoms with E-state index in [4.69, 9.17) is 23.2 Å². The van der Waals surface area contributed by atoms with E-state index in [-0.39, 0.29) is 11.9 Å². The molecular formula is C13H11BrCl2N2O2. The van der Waals surface area contributed by atoms with Crippen LogP contribution in [0.15, 0.2) is 28.9 Å². The summed E-state index contributed by atoms with van der Waals surface area (Å²) in [6.07, 6.45) is 1.72. The number of rotatable bonds is 3. The maximum absolute atomic E-state index is 11.2. The molecule has 1 aromatic heterocycles. The first-order valence-electron chi connectivity index (χ1n) is 5.83. The van der Waals surface area contributed by atoms with Gasteiger partial charge in [0, 0.05) is 16.1 Å². The maximum Gasteiger partial charge on any atom is 0.338 e. The van der Waals surface area contributed by atoms with Crippen LogP contribution in [0.5, 0.6) is 0 Å². The predicted molar refractivity (Wildman–Crippen MR) is 84.6 cm³/mol. The molecule has 0 saturated carbocycles. The van der Waals surface area contributed by atoms with Gasteiger partial charge in [-0.2, -0.15) is 0 Å². The average molecular weight is 378 g/mol. The molecule has 0 atom stereocenters. The third-order valence-corrected chi connectivity index (χ3v) is 4.23. The lowest BCUT2D eigenvalue weighted by Crippen LogP contribution is -2.03. The van der Waals surface area contributed by atoms with Crippen molar-refractivity contribution in [1.82, 2.24) is 4.57 Å². The van der Waals surface area contributed by atoms with Crippen LogP contribution in [-0.4, -0.2) is 9.49 Å². The van der Waals surface area contributed by atoms with Crippen molar-refractivity contribution in [3.05, 3.63) is 49.0 Å². The number of nitro groups is 1. The van der Waals surface area contributed by atoms with Gasteiger partial charge in [0.2, 0.25) is 0 Å². The summed E-state index contributed by atoms with van der Waals surface area (Å²) < 4.78 is 2.02. The van der Waals surface area contributed by atoms with Crippen LogP contribution < -0.4 is 0 Å². The van der Waals surface area contributed by atoms with Gasteiger partial charge in [-0.25, -0.2) is 4.57 Å². The molecule has 0 saturated heterocycles. The minimum atomic E-state index is -0.405. The molecule has 0 aliphatic heterocycles. The topological polar surface area (TPSA) is 48.1 Å². The molecule has 0 aliphatic rings. The Labute approximate surface area is 134 Å². The minimum absolute atomic E-state index is 0.0148. The molecule has 0 bridgehead atoms. The van der Waals surface area contributed by atoms with Gasteiger partial charge in [-0.3, -0.25) is 0 Å². The van der Waals surface area contributed by atoms with E-state index in [1.54, 1.807) is 29.0 Å². The minimum Gasteiger partial charge on any atom is -0.358 e. The van der Waals surface area contributed by atoms with Crippen molar-refractivity contribution in [2.45, 2.75) is 19.9 Å². The van der Waals surface area contributed by atoms with E-state index in [1.165, 1.54) is 0 Å². The Morgan fingerprint density at radius 1 is 1.30 bits per heavy atom. The van der Waals surface area contributed by atoms with E-state index in [1.807, 2.05) is 13.8 Å². The number of aromatic nitrogens is 1. The van der Waals surface area contributed by atoms with Gasteiger partial charge in [-0.15, -0.1) is 0 Å². The lowest BCUT2D eigenvalue weighted by atomic mass is 10.1.